The van der Waals surface area contributed by atoms with E-state index in [1.54, 1.807) is 45.6 Å². The minimum atomic E-state index is 0.200. The van der Waals surface area contributed by atoms with Gasteiger partial charge in [-0.25, -0.2) is 0 Å². The molecule has 0 amide bonds. The van der Waals surface area contributed by atoms with Gasteiger partial charge in [-0.1, -0.05) is 30.3 Å². The first-order valence-electron chi connectivity index (χ1n) is 8.85. The normalized spacial score (nSPS) is 10.6. The average Bonchev–Trinajstić information content (AvgIpc) is 3.18. The second-order valence-electron chi connectivity index (χ2n) is 5.97. The lowest BCUT2D eigenvalue weighted by Crippen LogP contribution is -1.99. The van der Waals surface area contributed by atoms with Gasteiger partial charge in [0.05, 0.1) is 21.3 Å². The molecule has 0 aliphatic rings. The van der Waals surface area contributed by atoms with Crippen molar-refractivity contribution in [2.75, 3.05) is 26.6 Å². The van der Waals surface area contributed by atoms with Crippen LogP contribution in [0.25, 0.3) is 12.2 Å². The van der Waals surface area contributed by atoms with Crippen LogP contribution in [0.4, 0.5) is 5.88 Å². The number of hydrogen-bond donors (Lipinski definition) is 1. The van der Waals surface area contributed by atoms with E-state index in [1.165, 1.54) is 0 Å². The maximum Gasteiger partial charge on any atom is 0.232 e. The fraction of sp³-hybridized carbons (Fsp3) is 0.182. The summed E-state index contributed by atoms with van der Waals surface area (Å²) in [5.41, 5.74) is 2.07. The van der Waals surface area contributed by atoms with Gasteiger partial charge in [0.25, 0.3) is 0 Å². The molecular weight excluding hydrogens is 370 g/mol. The van der Waals surface area contributed by atoms with Crippen molar-refractivity contribution in [3.8, 4) is 23.3 Å². The zero-order chi connectivity index (χ0) is 20.6. The summed E-state index contributed by atoms with van der Waals surface area (Å²) in [5.74, 6) is 2.25. The fourth-order valence-corrected chi connectivity index (χ4v) is 2.75. The number of nitrogens with zero attached hydrogens (tertiary/aromatic N) is 2. The van der Waals surface area contributed by atoms with E-state index >= 15 is 0 Å². The Hall–Kier alpha value is -3.92. The van der Waals surface area contributed by atoms with Crippen LogP contribution in [0.5, 0.6) is 17.2 Å². The van der Waals surface area contributed by atoms with E-state index < -0.39 is 0 Å². The number of ether oxygens (including phenoxy) is 3. The molecule has 0 saturated heterocycles. The Morgan fingerprint density at radius 3 is 2.31 bits per heavy atom. The minimum Gasteiger partial charge on any atom is -0.493 e. The Labute approximate surface area is 169 Å². The third-order valence-corrected chi connectivity index (χ3v) is 4.15. The first kappa shape index (κ1) is 19.8. The second kappa shape index (κ2) is 9.33. The standard InChI is InChI=1S/C22H21N3O4/c1-26-18-11-16(12-19(27-2)21(18)28-3)9-10-20-25-17(13-23)22(29-20)24-14-15-7-5-4-6-8-15/h4-12,24H,14H2,1-3H3. The molecule has 7 nitrogen and oxygen atoms in total. The highest BCUT2D eigenvalue weighted by Crippen LogP contribution is 2.38. The van der Waals surface area contributed by atoms with Gasteiger partial charge in [-0.2, -0.15) is 10.2 Å². The molecule has 0 bridgehead atoms. The Balaban J connectivity index is 1.80. The number of rotatable bonds is 8. The van der Waals surface area contributed by atoms with Gasteiger partial charge in [0.2, 0.25) is 23.2 Å². The molecule has 2 aromatic carbocycles. The molecule has 3 rings (SSSR count). The van der Waals surface area contributed by atoms with E-state index in [1.807, 2.05) is 36.4 Å². The number of hydrogen-bond acceptors (Lipinski definition) is 7. The lowest BCUT2D eigenvalue weighted by Gasteiger charge is -2.12. The number of nitrogens with one attached hydrogen (secondary N) is 1. The van der Waals surface area contributed by atoms with Gasteiger partial charge in [0.1, 0.15) is 6.07 Å². The molecular formula is C22H21N3O4. The van der Waals surface area contributed by atoms with E-state index in [9.17, 15) is 5.26 Å². The molecule has 0 saturated carbocycles. The van der Waals surface area contributed by atoms with Crippen LogP contribution in [0.1, 0.15) is 22.7 Å². The molecule has 148 valence electrons. The number of nitriles is 1. The van der Waals surface area contributed by atoms with Gasteiger partial charge in [0.15, 0.2) is 11.5 Å². The number of oxazole rings is 1. The third-order valence-electron chi connectivity index (χ3n) is 4.15. The predicted molar refractivity (Wildman–Crippen MR) is 110 cm³/mol. The highest BCUT2D eigenvalue weighted by Gasteiger charge is 2.13. The molecule has 3 aromatic rings. The van der Waals surface area contributed by atoms with Crippen LogP contribution in [0.3, 0.4) is 0 Å². The molecule has 0 spiro atoms. The summed E-state index contributed by atoms with van der Waals surface area (Å²) in [4.78, 5) is 4.21. The number of methoxy groups -OCH3 is 3. The summed E-state index contributed by atoms with van der Waals surface area (Å²) in [6, 6.07) is 15.5. The smallest absolute Gasteiger partial charge is 0.232 e. The van der Waals surface area contributed by atoms with Crippen molar-refractivity contribution >= 4 is 18.0 Å². The zero-order valence-corrected chi connectivity index (χ0v) is 16.4. The molecule has 1 aromatic heterocycles. The van der Waals surface area contributed by atoms with Crippen molar-refractivity contribution in [3.05, 3.63) is 65.2 Å². The van der Waals surface area contributed by atoms with Crippen molar-refractivity contribution < 1.29 is 18.6 Å². The fourth-order valence-electron chi connectivity index (χ4n) is 2.75. The van der Waals surface area contributed by atoms with E-state index in [-0.39, 0.29) is 5.69 Å². The first-order chi connectivity index (χ1) is 14.2. The molecule has 1 N–H and O–H groups in total. The van der Waals surface area contributed by atoms with Gasteiger partial charge < -0.3 is 23.9 Å². The van der Waals surface area contributed by atoms with Gasteiger partial charge in [-0.15, -0.1) is 0 Å². The summed E-state index contributed by atoms with van der Waals surface area (Å²) >= 11 is 0. The SMILES string of the molecule is COc1cc(C=Cc2nc(C#N)c(NCc3ccccc3)o2)cc(OC)c1OC. The Bertz CT molecular complexity index is 1010. The minimum absolute atomic E-state index is 0.200. The van der Waals surface area contributed by atoms with E-state index in [0.29, 0.717) is 35.6 Å². The van der Waals surface area contributed by atoms with Crippen LogP contribution in [-0.2, 0) is 6.54 Å². The molecule has 0 fully saturated rings. The highest BCUT2D eigenvalue weighted by molar-refractivity contribution is 5.71. The molecule has 0 unspecified atom stereocenters. The van der Waals surface area contributed by atoms with Crippen LogP contribution in [0.15, 0.2) is 46.9 Å². The molecule has 0 radical (unpaired) electrons. The van der Waals surface area contributed by atoms with Gasteiger partial charge in [0, 0.05) is 12.6 Å². The maximum absolute atomic E-state index is 9.32. The van der Waals surface area contributed by atoms with Crippen molar-refractivity contribution in [1.29, 1.82) is 5.26 Å². The average molecular weight is 391 g/mol. The van der Waals surface area contributed by atoms with E-state index in [2.05, 4.69) is 10.3 Å². The molecule has 0 aliphatic heterocycles. The lowest BCUT2D eigenvalue weighted by atomic mass is 10.1. The van der Waals surface area contributed by atoms with Crippen molar-refractivity contribution in [3.63, 3.8) is 0 Å². The van der Waals surface area contributed by atoms with Gasteiger partial charge in [-0.05, 0) is 29.3 Å². The van der Waals surface area contributed by atoms with Crippen LogP contribution < -0.4 is 19.5 Å². The van der Waals surface area contributed by atoms with Crippen molar-refractivity contribution in [2.45, 2.75) is 6.54 Å². The molecule has 1 heterocycles. The van der Waals surface area contributed by atoms with Crippen molar-refractivity contribution in [1.82, 2.24) is 4.98 Å². The molecule has 0 atom stereocenters. The van der Waals surface area contributed by atoms with Crippen LogP contribution in [-0.4, -0.2) is 26.3 Å². The number of anilines is 1. The Morgan fingerprint density at radius 1 is 1.03 bits per heavy atom. The monoisotopic (exact) mass is 391 g/mol. The summed E-state index contributed by atoms with van der Waals surface area (Å²) in [6.45, 7) is 0.529. The Morgan fingerprint density at radius 2 is 1.72 bits per heavy atom. The summed E-state index contributed by atoms with van der Waals surface area (Å²) in [7, 11) is 4.67. The van der Waals surface area contributed by atoms with E-state index in [4.69, 9.17) is 18.6 Å². The summed E-state index contributed by atoms with van der Waals surface area (Å²) in [5, 5.41) is 12.4. The summed E-state index contributed by atoms with van der Waals surface area (Å²) < 4.78 is 21.7. The predicted octanol–water partition coefficient (Wildman–Crippen LogP) is 4.35. The second-order valence-corrected chi connectivity index (χ2v) is 5.97. The van der Waals surface area contributed by atoms with Crippen molar-refractivity contribution in [2.24, 2.45) is 0 Å². The first-order valence-corrected chi connectivity index (χ1v) is 8.85. The zero-order valence-electron chi connectivity index (χ0n) is 16.4. The summed E-state index contributed by atoms with van der Waals surface area (Å²) in [6.07, 6.45) is 3.47. The van der Waals surface area contributed by atoms with Gasteiger partial charge >= 0.3 is 0 Å². The maximum atomic E-state index is 9.32. The molecule has 0 aliphatic carbocycles. The number of benzene rings is 2. The van der Waals surface area contributed by atoms with E-state index in [0.717, 1.165) is 11.1 Å². The third kappa shape index (κ3) is 4.68. The topological polar surface area (TPSA) is 89.5 Å². The van der Waals surface area contributed by atoms with Gasteiger partial charge in [-0.3, -0.25) is 0 Å². The van der Waals surface area contributed by atoms with Crippen LogP contribution >= 0.6 is 0 Å². The van der Waals surface area contributed by atoms with Crippen LogP contribution in [0.2, 0.25) is 0 Å². The Kier molecular flexibility index (Phi) is 6.38. The van der Waals surface area contributed by atoms with Crippen LogP contribution in [0, 0.1) is 11.3 Å². The lowest BCUT2D eigenvalue weighted by molar-refractivity contribution is 0.324. The highest BCUT2D eigenvalue weighted by atomic mass is 16.5. The largest absolute Gasteiger partial charge is 0.493 e. The molecule has 29 heavy (non-hydrogen) atoms. The molecule has 7 heteroatoms. The quantitative estimate of drug-likeness (QED) is 0.610. The number of aromatic nitrogens is 1.